The minimum absolute atomic E-state index is 0.338. The van der Waals surface area contributed by atoms with Crippen LogP contribution in [0.2, 0.25) is 0 Å². The van der Waals surface area contributed by atoms with Crippen molar-refractivity contribution in [3.63, 3.8) is 0 Å². The Hall–Kier alpha value is -1.24. The standard InChI is InChI=1S/C13H13F6N/c14-12(15,16)10(13(17,18)19)9-3-1-8(2-4-9)7-11(20)5-6-11/h1-4,10H,5-7,20H2. The van der Waals surface area contributed by atoms with E-state index in [1.165, 1.54) is 12.1 Å². The van der Waals surface area contributed by atoms with E-state index >= 15 is 0 Å². The molecule has 0 aromatic heterocycles. The monoisotopic (exact) mass is 297 g/mol. The summed E-state index contributed by atoms with van der Waals surface area (Å²) in [4.78, 5) is 0. The zero-order chi connectivity index (χ0) is 15.2. The van der Waals surface area contributed by atoms with Crippen LogP contribution >= 0.6 is 0 Å². The highest BCUT2D eigenvalue weighted by Gasteiger charge is 2.57. The summed E-state index contributed by atoms with van der Waals surface area (Å²) in [7, 11) is 0. The highest BCUT2D eigenvalue weighted by atomic mass is 19.4. The van der Waals surface area contributed by atoms with Crippen molar-refractivity contribution >= 4 is 0 Å². The van der Waals surface area contributed by atoms with Crippen LogP contribution < -0.4 is 5.73 Å². The number of benzene rings is 1. The van der Waals surface area contributed by atoms with Crippen LogP contribution in [0.1, 0.15) is 29.9 Å². The Morgan fingerprint density at radius 3 is 1.75 bits per heavy atom. The molecule has 0 amide bonds. The second kappa shape index (κ2) is 4.65. The van der Waals surface area contributed by atoms with E-state index in [-0.39, 0.29) is 5.54 Å². The van der Waals surface area contributed by atoms with Crippen LogP contribution in [0.15, 0.2) is 24.3 Å². The van der Waals surface area contributed by atoms with Crippen LogP contribution in [-0.2, 0) is 6.42 Å². The van der Waals surface area contributed by atoms with Gasteiger partial charge in [0.05, 0.1) is 0 Å². The van der Waals surface area contributed by atoms with Crippen molar-refractivity contribution in [3.05, 3.63) is 35.4 Å². The van der Waals surface area contributed by atoms with Gasteiger partial charge in [-0.05, 0) is 30.4 Å². The zero-order valence-corrected chi connectivity index (χ0v) is 10.4. The molecule has 0 bridgehead atoms. The molecule has 1 nitrogen and oxygen atoms in total. The molecule has 20 heavy (non-hydrogen) atoms. The van der Waals surface area contributed by atoms with Gasteiger partial charge in [0.25, 0.3) is 0 Å². The van der Waals surface area contributed by atoms with E-state index in [1.807, 2.05) is 0 Å². The molecule has 1 aromatic carbocycles. The molecule has 2 rings (SSSR count). The molecule has 1 aliphatic rings. The average Bonchev–Trinajstić information content (AvgIpc) is 2.95. The number of alkyl halides is 6. The Kier molecular flexibility index (Phi) is 3.52. The minimum atomic E-state index is -5.36. The molecule has 0 spiro atoms. The SMILES string of the molecule is NC1(Cc2ccc(C(C(F)(F)F)C(F)(F)F)cc2)CC1. The van der Waals surface area contributed by atoms with Gasteiger partial charge in [-0.15, -0.1) is 0 Å². The topological polar surface area (TPSA) is 26.0 Å². The van der Waals surface area contributed by atoms with E-state index in [2.05, 4.69) is 0 Å². The van der Waals surface area contributed by atoms with Crippen molar-refractivity contribution in [1.82, 2.24) is 0 Å². The average molecular weight is 297 g/mol. The van der Waals surface area contributed by atoms with Crippen molar-refractivity contribution < 1.29 is 26.3 Å². The molecule has 0 atom stereocenters. The lowest BCUT2D eigenvalue weighted by Crippen LogP contribution is -2.34. The van der Waals surface area contributed by atoms with Crippen LogP contribution in [-0.4, -0.2) is 17.9 Å². The summed E-state index contributed by atoms with van der Waals surface area (Å²) in [5.74, 6) is -3.45. The van der Waals surface area contributed by atoms with Gasteiger partial charge in [0, 0.05) is 5.54 Å². The molecule has 1 aliphatic carbocycles. The van der Waals surface area contributed by atoms with Gasteiger partial charge in [0.15, 0.2) is 5.92 Å². The smallest absolute Gasteiger partial charge is 0.325 e. The van der Waals surface area contributed by atoms with E-state index in [0.717, 1.165) is 25.0 Å². The number of rotatable bonds is 3. The fraction of sp³-hybridized carbons (Fsp3) is 0.538. The molecule has 7 heteroatoms. The minimum Gasteiger partial charge on any atom is -0.325 e. The Morgan fingerprint density at radius 1 is 0.950 bits per heavy atom. The predicted molar refractivity (Wildman–Crippen MR) is 61.1 cm³/mol. The Labute approximate surface area is 111 Å². The van der Waals surface area contributed by atoms with E-state index < -0.39 is 23.8 Å². The second-order valence-corrected chi connectivity index (χ2v) is 5.30. The zero-order valence-electron chi connectivity index (χ0n) is 10.4. The summed E-state index contributed by atoms with van der Waals surface area (Å²) in [6.45, 7) is 0. The molecular formula is C13H13F6N. The predicted octanol–water partition coefficient (Wildman–Crippen LogP) is 3.93. The van der Waals surface area contributed by atoms with Gasteiger partial charge in [-0.1, -0.05) is 24.3 Å². The number of hydrogen-bond donors (Lipinski definition) is 1. The summed E-state index contributed by atoms with van der Waals surface area (Å²) in [6.07, 6.45) is -8.60. The molecule has 0 heterocycles. The first-order chi connectivity index (χ1) is 9.01. The molecule has 0 saturated heterocycles. The van der Waals surface area contributed by atoms with Crippen molar-refractivity contribution in [3.8, 4) is 0 Å². The van der Waals surface area contributed by atoms with E-state index in [4.69, 9.17) is 5.73 Å². The van der Waals surface area contributed by atoms with Crippen LogP contribution in [0.3, 0.4) is 0 Å². The Bertz CT molecular complexity index is 455. The third-order valence-electron chi connectivity index (χ3n) is 3.42. The van der Waals surface area contributed by atoms with Gasteiger partial charge in [0.1, 0.15) is 0 Å². The molecule has 0 radical (unpaired) electrons. The molecule has 1 aromatic rings. The summed E-state index contributed by atoms with van der Waals surface area (Å²) < 4.78 is 75.3. The first kappa shape index (κ1) is 15.2. The highest BCUT2D eigenvalue weighted by Crippen LogP contribution is 2.46. The van der Waals surface area contributed by atoms with Gasteiger partial charge in [-0.3, -0.25) is 0 Å². The molecule has 0 unspecified atom stereocenters. The Balaban J connectivity index is 2.22. The van der Waals surface area contributed by atoms with Crippen LogP contribution in [0.5, 0.6) is 0 Å². The maximum absolute atomic E-state index is 12.5. The lowest BCUT2D eigenvalue weighted by atomic mass is 9.95. The molecular weight excluding hydrogens is 284 g/mol. The van der Waals surface area contributed by atoms with E-state index in [9.17, 15) is 26.3 Å². The number of halogens is 6. The summed E-state index contributed by atoms with van der Waals surface area (Å²) in [6, 6.07) is 4.33. The second-order valence-electron chi connectivity index (χ2n) is 5.30. The quantitative estimate of drug-likeness (QED) is 0.841. The fourth-order valence-corrected chi connectivity index (χ4v) is 2.14. The van der Waals surface area contributed by atoms with Crippen molar-refractivity contribution in [2.75, 3.05) is 0 Å². The summed E-state index contributed by atoms with van der Waals surface area (Å²) >= 11 is 0. The largest absolute Gasteiger partial charge is 0.404 e. The van der Waals surface area contributed by atoms with Gasteiger partial charge in [-0.25, -0.2) is 0 Å². The van der Waals surface area contributed by atoms with E-state index in [0.29, 0.717) is 12.0 Å². The van der Waals surface area contributed by atoms with Crippen molar-refractivity contribution in [2.45, 2.75) is 43.1 Å². The van der Waals surface area contributed by atoms with Crippen LogP contribution in [0.4, 0.5) is 26.3 Å². The third kappa shape index (κ3) is 3.45. The maximum atomic E-state index is 12.5. The van der Waals surface area contributed by atoms with Gasteiger partial charge in [0.2, 0.25) is 0 Å². The van der Waals surface area contributed by atoms with Gasteiger partial charge in [-0.2, -0.15) is 26.3 Å². The third-order valence-corrected chi connectivity index (χ3v) is 3.42. The normalized spacial score (nSPS) is 18.4. The van der Waals surface area contributed by atoms with Crippen LogP contribution in [0.25, 0.3) is 0 Å². The maximum Gasteiger partial charge on any atom is 0.404 e. The number of hydrogen-bond acceptors (Lipinski definition) is 1. The first-order valence-corrected chi connectivity index (χ1v) is 6.02. The first-order valence-electron chi connectivity index (χ1n) is 6.02. The lowest BCUT2D eigenvalue weighted by molar-refractivity contribution is -0.253. The summed E-state index contributed by atoms with van der Waals surface area (Å²) in [5.41, 5.74) is 5.37. The molecule has 2 N–H and O–H groups in total. The number of nitrogens with two attached hydrogens (primary N) is 1. The summed E-state index contributed by atoms with van der Waals surface area (Å²) in [5, 5.41) is 0. The Morgan fingerprint density at radius 2 is 1.40 bits per heavy atom. The molecule has 1 fully saturated rings. The van der Waals surface area contributed by atoms with Gasteiger partial charge >= 0.3 is 12.4 Å². The van der Waals surface area contributed by atoms with Crippen LogP contribution in [0, 0.1) is 0 Å². The van der Waals surface area contributed by atoms with Crippen molar-refractivity contribution in [1.29, 1.82) is 0 Å². The van der Waals surface area contributed by atoms with E-state index in [1.54, 1.807) is 0 Å². The van der Waals surface area contributed by atoms with Gasteiger partial charge < -0.3 is 5.73 Å². The molecule has 0 aliphatic heterocycles. The fourth-order valence-electron chi connectivity index (χ4n) is 2.14. The lowest BCUT2D eigenvalue weighted by Gasteiger charge is -2.23. The highest BCUT2D eigenvalue weighted by molar-refractivity contribution is 5.29. The molecule has 112 valence electrons. The van der Waals surface area contributed by atoms with Crippen molar-refractivity contribution in [2.24, 2.45) is 5.73 Å². The molecule has 1 saturated carbocycles.